The highest BCUT2D eigenvalue weighted by atomic mass is 32.2. The van der Waals surface area contributed by atoms with Crippen molar-refractivity contribution in [2.75, 3.05) is 12.9 Å². The van der Waals surface area contributed by atoms with Crippen molar-refractivity contribution in [1.29, 1.82) is 0 Å². The fourth-order valence-corrected chi connectivity index (χ4v) is 6.66. The average Bonchev–Trinajstić information content (AvgIpc) is 3.66. The fourth-order valence-electron chi connectivity index (χ4n) is 5.63. The van der Waals surface area contributed by atoms with Crippen LogP contribution in [0.4, 0.5) is 13.2 Å². The minimum Gasteiger partial charge on any atom is -0.493 e. The molecule has 1 aliphatic heterocycles. The monoisotopic (exact) mass is 625 g/mol. The Bertz CT molecular complexity index is 2060. The minimum absolute atomic E-state index is 0.0515. The van der Waals surface area contributed by atoms with Crippen LogP contribution in [-0.2, 0) is 26.5 Å². The number of fused-ring (bicyclic) bond motifs is 2. The summed E-state index contributed by atoms with van der Waals surface area (Å²) >= 11 is 0. The van der Waals surface area contributed by atoms with Crippen LogP contribution < -0.4 is 9.47 Å². The first-order valence-electron chi connectivity index (χ1n) is 13.6. The molecular weight excluding hydrogens is 599 g/mol. The van der Waals surface area contributed by atoms with Crippen molar-refractivity contribution >= 4 is 26.7 Å². The van der Waals surface area contributed by atoms with Crippen LogP contribution in [0.15, 0.2) is 59.8 Å². The van der Waals surface area contributed by atoms with Crippen LogP contribution in [0.25, 0.3) is 22.3 Å². The molecule has 1 atom stereocenters. The molecule has 0 saturated carbocycles. The Hall–Kier alpha value is -4.78. The molecule has 0 amide bonds. The van der Waals surface area contributed by atoms with E-state index in [1.807, 2.05) is 25.1 Å². The van der Waals surface area contributed by atoms with E-state index < -0.39 is 49.3 Å². The lowest BCUT2D eigenvalue weighted by Gasteiger charge is -2.35. The summed E-state index contributed by atoms with van der Waals surface area (Å²) in [6.45, 7) is 2.32. The largest absolute Gasteiger partial charge is 0.493 e. The van der Waals surface area contributed by atoms with Gasteiger partial charge < -0.3 is 24.5 Å². The number of carboxylic acids is 1. The number of sulfone groups is 1. The highest BCUT2D eigenvalue weighted by Gasteiger charge is 2.38. The first-order valence-corrected chi connectivity index (χ1v) is 15.5. The lowest BCUT2D eigenvalue weighted by molar-refractivity contribution is -0.136. The van der Waals surface area contributed by atoms with Gasteiger partial charge in [-0.05, 0) is 49.6 Å². The molecule has 0 saturated heterocycles. The molecule has 44 heavy (non-hydrogen) atoms. The van der Waals surface area contributed by atoms with E-state index in [-0.39, 0.29) is 34.5 Å². The molecule has 2 aromatic heterocycles. The predicted octanol–water partition coefficient (Wildman–Crippen LogP) is 6.28. The van der Waals surface area contributed by atoms with Crippen LogP contribution in [0, 0.1) is 17.5 Å². The van der Waals surface area contributed by atoms with Crippen LogP contribution in [0.5, 0.6) is 17.2 Å². The van der Waals surface area contributed by atoms with E-state index in [4.69, 9.17) is 14.6 Å². The maximum atomic E-state index is 15.2. The number of nitrogens with zero attached hydrogens (tertiary/aromatic N) is 1. The number of nitrogens with one attached hydrogen (secondary N) is 2. The summed E-state index contributed by atoms with van der Waals surface area (Å²) in [6.07, 6.45) is 4.55. The minimum atomic E-state index is -4.09. The van der Waals surface area contributed by atoms with Gasteiger partial charge in [0.2, 0.25) is 5.82 Å². The zero-order chi connectivity index (χ0) is 31.4. The molecule has 6 rings (SSSR count). The van der Waals surface area contributed by atoms with E-state index in [2.05, 4.69) is 15.0 Å². The Kier molecular flexibility index (Phi) is 7.15. The molecule has 0 radical (unpaired) electrons. The highest BCUT2D eigenvalue weighted by molar-refractivity contribution is 7.91. The molecule has 0 aliphatic carbocycles. The first-order chi connectivity index (χ1) is 20.9. The summed E-state index contributed by atoms with van der Waals surface area (Å²) in [7, 11) is -4.09. The van der Waals surface area contributed by atoms with Crippen molar-refractivity contribution in [3.63, 3.8) is 0 Å². The van der Waals surface area contributed by atoms with Gasteiger partial charge in [0.05, 0.1) is 23.4 Å². The van der Waals surface area contributed by atoms with Gasteiger partial charge in [-0.2, -0.15) is 4.39 Å². The summed E-state index contributed by atoms with van der Waals surface area (Å²) in [4.78, 5) is 20.8. The number of hydrogen-bond donors (Lipinski definition) is 3. The molecule has 9 nitrogen and oxygen atoms in total. The molecule has 5 aromatic rings. The quantitative estimate of drug-likeness (QED) is 0.173. The van der Waals surface area contributed by atoms with Gasteiger partial charge in [0.1, 0.15) is 28.0 Å². The van der Waals surface area contributed by atoms with Crippen molar-refractivity contribution in [1.82, 2.24) is 15.0 Å². The Morgan fingerprint density at radius 2 is 1.93 bits per heavy atom. The third-order valence-electron chi connectivity index (χ3n) is 7.88. The number of aromatic amines is 2. The Balaban J connectivity index is 1.38. The number of carbonyl (C=O) groups is 1. The molecule has 228 valence electrons. The number of aryl methyl sites for hydroxylation is 1. The zero-order valence-electron chi connectivity index (χ0n) is 23.5. The van der Waals surface area contributed by atoms with Crippen molar-refractivity contribution in [2.45, 2.75) is 36.5 Å². The Morgan fingerprint density at radius 1 is 1.14 bits per heavy atom. The normalized spacial score (nSPS) is 16.5. The zero-order valence-corrected chi connectivity index (χ0v) is 24.3. The van der Waals surface area contributed by atoms with E-state index >= 15 is 8.78 Å². The third-order valence-corrected chi connectivity index (χ3v) is 9.03. The van der Waals surface area contributed by atoms with E-state index in [9.17, 15) is 17.6 Å². The molecule has 3 aromatic carbocycles. The number of rotatable bonds is 8. The van der Waals surface area contributed by atoms with Gasteiger partial charge in [-0.3, -0.25) is 4.79 Å². The number of ether oxygens (including phenoxy) is 2. The van der Waals surface area contributed by atoms with Gasteiger partial charge in [0.15, 0.2) is 21.4 Å². The van der Waals surface area contributed by atoms with Crippen LogP contribution >= 0.6 is 0 Å². The van der Waals surface area contributed by atoms with Gasteiger partial charge in [0, 0.05) is 41.4 Å². The molecule has 1 aliphatic rings. The van der Waals surface area contributed by atoms with E-state index in [0.717, 1.165) is 23.4 Å². The first kappa shape index (κ1) is 29.3. The fraction of sp³-hybridized carbons (Fsp3) is 0.226. The molecule has 0 spiro atoms. The molecule has 0 unspecified atom stereocenters. The number of aromatic nitrogens is 3. The van der Waals surface area contributed by atoms with Gasteiger partial charge in [0.25, 0.3) is 0 Å². The summed E-state index contributed by atoms with van der Waals surface area (Å²) in [5.41, 5.74) is 1.11. The van der Waals surface area contributed by atoms with Gasteiger partial charge in [-0.25, -0.2) is 22.2 Å². The number of carboxylic acid groups (broad SMARTS) is 1. The predicted molar refractivity (Wildman–Crippen MR) is 154 cm³/mol. The van der Waals surface area contributed by atoms with Crippen molar-refractivity contribution < 1.29 is 41.0 Å². The second kappa shape index (κ2) is 10.7. The number of aliphatic carboxylic acids is 1. The summed E-state index contributed by atoms with van der Waals surface area (Å²) in [5, 5.41) is 9.06. The number of imidazole rings is 1. The number of halogens is 3. The van der Waals surface area contributed by atoms with E-state index in [0.29, 0.717) is 30.9 Å². The van der Waals surface area contributed by atoms with Crippen LogP contribution in [0.3, 0.4) is 0 Å². The topological polar surface area (TPSA) is 134 Å². The van der Waals surface area contributed by atoms with Crippen molar-refractivity contribution in [2.24, 2.45) is 0 Å². The smallest absolute Gasteiger partial charge is 0.303 e. The summed E-state index contributed by atoms with van der Waals surface area (Å²) in [5.74, 6) is -4.72. The number of para-hydroxylation sites is 1. The standard InChI is InChI=1S/C31H26F3N3O6S/c1-31(11-13-42-27-16(6-9-23(38)39)4-3-5-20(27)31)22-15-36-30(37-22)19-14-17(7-8-21(19)32)43-28-25(34)24(33)26-18(10-12-35-26)29(28)44(2,40)41/h3-5,7-8,10,12,14-15,35H,6,9,11,13H2,1-2H3,(H,36,37)(H,38,39)/t31-/m1/s1. The van der Waals surface area contributed by atoms with Gasteiger partial charge in [-0.1, -0.05) is 18.2 Å². The van der Waals surface area contributed by atoms with Gasteiger partial charge >= 0.3 is 5.97 Å². The Labute approximate surface area is 249 Å². The molecule has 0 fully saturated rings. The number of H-pyrrole nitrogens is 2. The van der Waals surface area contributed by atoms with Crippen LogP contribution in [-0.4, -0.2) is 47.3 Å². The molecule has 3 N–H and O–H groups in total. The average molecular weight is 626 g/mol. The van der Waals surface area contributed by atoms with E-state index in [1.54, 1.807) is 6.20 Å². The third kappa shape index (κ3) is 4.96. The van der Waals surface area contributed by atoms with Crippen LogP contribution in [0.2, 0.25) is 0 Å². The number of benzene rings is 3. The number of hydrogen-bond acceptors (Lipinski definition) is 6. The highest BCUT2D eigenvalue weighted by Crippen LogP contribution is 2.45. The second-order valence-corrected chi connectivity index (χ2v) is 12.8. The molecule has 3 heterocycles. The van der Waals surface area contributed by atoms with Crippen LogP contribution in [0.1, 0.15) is 36.6 Å². The second-order valence-electron chi connectivity index (χ2n) is 10.8. The SMILES string of the molecule is C[C@@]1(c2c[nH]c(-c3cc(Oc4c(F)c(F)c5[nH]ccc5c4S(C)(=O)=O)ccc3F)n2)CCOc2c(CCC(=O)O)cccc21. The van der Waals surface area contributed by atoms with Gasteiger partial charge in [-0.15, -0.1) is 0 Å². The lowest BCUT2D eigenvalue weighted by atomic mass is 9.74. The maximum absolute atomic E-state index is 15.2. The van der Waals surface area contributed by atoms with E-state index in [1.165, 1.54) is 24.4 Å². The molecule has 13 heteroatoms. The lowest BCUT2D eigenvalue weighted by Crippen LogP contribution is -2.32. The maximum Gasteiger partial charge on any atom is 0.303 e. The molecular formula is C31H26F3N3O6S. The Morgan fingerprint density at radius 3 is 2.68 bits per heavy atom. The van der Waals surface area contributed by atoms with Crippen molar-refractivity contribution in [3.05, 3.63) is 89.1 Å². The summed E-state index contributed by atoms with van der Waals surface area (Å²) < 4.78 is 81.9. The molecule has 0 bridgehead atoms. The van der Waals surface area contributed by atoms with Crippen molar-refractivity contribution in [3.8, 4) is 28.6 Å². The summed E-state index contributed by atoms with van der Waals surface area (Å²) in [6, 6.07) is 10.3.